The molecule has 2 rings (SSSR count). The Bertz CT molecular complexity index is 711. The van der Waals surface area contributed by atoms with Gasteiger partial charge in [0.05, 0.1) is 20.3 Å². The van der Waals surface area contributed by atoms with Crippen LogP contribution in [0.2, 0.25) is 0 Å². The van der Waals surface area contributed by atoms with Gasteiger partial charge < -0.3 is 25.6 Å². The van der Waals surface area contributed by atoms with Crippen LogP contribution in [-0.2, 0) is 6.54 Å². The van der Waals surface area contributed by atoms with Gasteiger partial charge in [0.2, 0.25) is 0 Å². The number of benzene rings is 2. The van der Waals surface area contributed by atoms with E-state index in [1.165, 1.54) is 0 Å². The molecule has 1 atom stereocenters. The Balaban J connectivity index is 0.00000364. The fraction of sp³-hybridized carbons (Fsp3) is 0.350. The maximum absolute atomic E-state index is 9.98. The number of methoxy groups -OCH3 is 1. The van der Waals surface area contributed by atoms with E-state index in [-0.39, 0.29) is 42.3 Å². The summed E-state index contributed by atoms with van der Waals surface area (Å²) in [4.78, 5) is 4.52. The minimum Gasteiger partial charge on any atom is -0.508 e. The number of phenols is 1. The summed E-state index contributed by atoms with van der Waals surface area (Å²) in [6, 6.07) is 15.0. The average Bonchev–Trinajstić information content (AvgIpc) is 2.68. The van der Waals surface area contributed by atoms with Gasteiger partial charge in [-0.05, 0) is 30.7 Å². The van der Waals surface area contributed by atoms with Crippen LogP contribution in [0.5, 0.6) is 11.5 Å². The monoisotopic (exact) mass is 485 g/mol. The summed E-state index contributed by atoms with van der Waals surface area (Å²) >= 11 is 0. The molecule has 0 saturated heterocycles. The first kappa shape index (κ1) is 23.0. The van der Waals surface area contributed by atoms with Crippen LogP contribution >= 0.6 is 24.0 Å². The highest BCUT2D eigenvalue weighted by Gasteiger charge is 2.11. The molecule has 0 aliphatic heterocycles. The van der Waals surface area contributed by atoms with Crippen molar-refractivity contribution in [1.82, 2.24) is 10.6 Å². The topological polar surface area (TPSA) is 86.1 Å². The number of aliphatic imine (C=N–C) groups is 1. The van der Waals surface area contributed by atoms with E-state index >= 15 is 0 Å². The number of hydrogen-bond acceptors (Lipinski definition) is 4. The number of rotatable bonds is 8. The molecule has 2 aromatic carbocycles. The van der Waals surface area contributed by atoms with Crippen LogP contribution in [0.25, 0.3) is 0 Å². The van der Waals surface area contributed by atoms with E-state index in [0.29, 0.717) is 36.9 Å². The molecular weight excluding hydrogens is 457 g/mol. The molecule has 6 nitrogen and oxygen atoms in total. The van der Waals surface area contributed by atoms with E-state index in [9.17, 15) is 10.2 Å². The highest BCUT2D eigenvalue weighted by Crippen LogP contribution is 2.23. The van der Waals surface area contributed by atoms with Crippen LogP contribution in [0.3, 0.4) is 0 Å². The van der Waals surface area contributed by atoms with Crippen LogP contribution in [0.4, 0.5) is 0 Å². The van der Waals surface area contributed by atoms with Crippen molar-refractivity contribution in [3.8, 4) is 11.5 Å². The lowest BCUT2D eigenvalue weighted by molar-refractivity contribution is 0.265. The summed E-state index contributed by atoms with van der Waals surface area (Å²) in [6.07, 6.45) is 0. The van der Waals surface area contributed by atoms with Gasteiger partial charge in [-0.3, -0.25) is 0 Å². The van der Waals surface area contributed by atoms with Crippen LogP contribution in [0, 0.1) is 0 Å². The largest absolute Gasteiger partial charge is 0.508 e. The molecule has 27 heavy (non-hydrogen) atoms. The first-order chi connectivity index (χ1) is 12.7. The maximum atomic E-state index is 9.98. The van der Waals surface area contributed by atoms with Crippen molar-refractivity contribution in [2.75, 3.05) is 26.8 Å². The van der Waals surface area contributed by atoms with Crippen molar-refractivity contribution in [2.24, 2.45) is 4.99 Å². The second kappa shape index (κ2) is 12.4. The van der Waals surface area contributed by atoms with Gasteiger partial charge in [-0.25, -0.2) is 4.99 Å². The standard InChI is InChI=1S/C20H27N3O3.HI/c1-3-21-20(22-12-16-11-18(26-2)9-10-19(16)25)23-13-17(14-24)15-7-5-4-6-8-15;/h4-11,17,24-25H,3,12-14H2,1-2H3,(H2,21,22,23);1H. The van der Waals surface area contributed by atoms with Gasteiger partial charge in [-0.2, -0.15) is 0 Å². The van der Waals surface area contributed by atoms with Crippen molar-refractivity contribution in [1.29, 1.82) is 0 Å². The molecule has 0 aliphatic carbocycles. The summed E-state index contributed by atoms with van der Waals surface area (Å²) in [5.41, 5.74) is 1.76. The molecule has 7 heteroatoms. The Morgan fingerprint density at radius 1 is 1.15 bits per heavy atom. The van der Waals surface area contributed by atoms with Gasteiger partial charge in [0, 0.05) is 24.6 Å². The molecule has 0 fully saturated rings. The minimum absolute atomic E-state index is 0. The Morgan fingerprint density at radius 2 is 1.89 bits per heavy atom. The fourth-order valence-corrected chi connectivity index (χ4v) is 2.55. The first-order valence-corrected chi connectivity index (χ1v) is 8.71. The summed E-state index contributed by atoms with van der Waals surface area (Å²) in [5, 5.41) is 26.1. The molecule has 0 radical (unpaired) electrons. The van der Waals surface area contributed by atoms with Gasteiger partial charge in [0.25, 0.3) is 0 Å². The summed E-state index contributed by atoms with van der Waals surface area (Å²) < 4.78 is 5.19. The highest BCUT2D eigenvalue weighted by atomic mass is 127. The number of nitrogens with one attached hydrogen (secondary N) is 2. The van der Waals surface area contributed by atoms with Gasteiger partial charge in [-0.1, -0.05) is 30.3 Å². The quantitative estimate of drug-likeness (QED) is 0.263. The lowest BCUT2D eigenvalue weighted by Crippen LogP contribution is -2.39. The number of aliphatic hydroxyl groups excluding tert-OH is 1. The van der Waals surface area contributed by atoms with E-state index in [0.717, 1.165) is 5.56 Å². The molecule has 4 N–H and O–H groups in total. The zero-order chi connectivity index (χ0) is 18.8. The molecule has 0 bridgehead atoms. The molecule has 148 valence electrons. The molecule has 1 unspecified atom stereocenters. The summed E-state index contributed by atoms with van der Waals surface area (Å²) in [6.45, 7) is 3.61. The van der Waals surface area contributed by atoms with Crippen LogP contribution in [-0.4, -0.2) is 43.0 Å². The second-order valence-corrected chi connectivity index (χ2v) is 5.86. The Morgan fingerprint density at radius 3 is 2.52 bits per heavy atom. The van der Waals surface area contributed by atoms with Crippen LogP contribution in [0.1, 0.15) is 24.0 Å². The minimum atomic E-state index is -0.0229. The molecular formula is C20H28IN3O3. The van der Waals surface area contributed by atoms with E-state index in [4.69, 9.17) is 4.74 Å². The van der Waals surface area contributed by atoms with Gasteiger partial charge in [0.1, 0.15) is 11.5 Å². The fourth-order valence-electron chi connectivity index (χ4n) is 2.55. The molecule has 2 aromatic rings. The third-order valence-corrected chi connectivity index (χ3v) is 4.05. The van der Waals surface area contributed by atoms with Crippen molar-refractivity contribution >= 4 is 29.9 Å². The molecule has 0 amide bonds. The van der Waals surface area contributed by atoms with Crippen molar-refractivity contribution in [3.63, 3.8) is 0 Å². The normalized spacial score (nSPS) is 12.0. The van der Waals surface area contributed by atoms with E-state index in [1.807, 2.05) is 37.3 Å². The SMILES string of the molecule is CCNC(=NCc1cc(OC)ccc1O)NCC(CO)c1ccccc1.I. The third-order valence-electron chi connectivity index (χ3n) is 4.05. The third kappa shape index (κ3) is 7.26. The Hall–Kier alpha value is -2.00. The lowest BCUT2D eigenvalue weighted by atomic mass is 10.0. The number of guanidine groups is 1. The molecule has 0 heterocycles. The van der Waals surface area contributed by atoms with Crippen molar-refractivity contribution in [3.05, 3.63) is 59.7 Å². The number of halogens is 1. The first-order valence-electron chi connectivity index (χ1n) is 8.71. The zero-order valence-corrected chi connectivity index (χ0v) is 18.0. The van der Waals surface area contributed by atoms with E-state index in [1.54, 1.807) is 25.3 Å². The number of nitrogens with zero attached hydrogens (tertiary/aromatic N) is 1. The lowest BCUT2D eigenvalue weighted by Gasteiger charge is -2.18. The second-order valence-electron chi connectivity index (χ2n) is 5.86. The van der Waals surface area contributed by atoms with Gasteiger partial charge >= 0.3 is 0 Å². The molecule has 0 aliphatic rings. The number of aliphatic hydroxyl groups is 1. The number of phenolic OH excluding ortho intramolecular Hbond substituents is 1. The zero-order valence-electron chi connectivity index (χ0n) is 15.7. The molecule has 0 aromatic heterocycles. The highest BCUT2D eigenvalue weighted by molar-refractivity contribution is 14.0. The maximum Gasteiger partial charge on any atom is 0.191 e. The smallest absolute Gasteiger partial charge is 0.191 e. The summed E-state index contributed by atoms with van der Waals surface area (Å²) in [5.74, 6) is 1.47. The summed E-state index contributed by atoms with van der Waals surface area (Å²) in [7, 11) is 1.59. The van der Waals surface area contributed by atoms with Crippen LogP contribution < -0.4 is 15.4 Å². The van der Waals surface area contributed by atoms with Gasteiger partial charge in [0.15, 0.2) is 5.96 Å². The van der Waals surface area contributed by atoms with Crippen molar-refractivity contribution in [2.45, 2.75) is 19.4 Å². The molecule has 0 saturated carbocycles. The van der Waals surface area contributed by atoms with E-state index in [2.05, 4.69) is 15.6 Å². The average molecular weight is 485 g/mol. The van der Waals surface area contributed by atoms with E-state index < -0.39 is 0 Å². The predicted octanol–water partition coefficient (Wildman–Crippen LogP) is 2.85. The van der Waals surface area contributed by atoms with Crippen LogP contribution in [0.15, 0.2) is 53.5 Å². The number of ether oxygens (including phenoxy) is 1. The number of hydrogen-bond donors (Lipinski definition) is 4. The Kier molecular flexibility index (Phi) is 10.6. The van der Waals surface area contributed by atoms with Gasteiger partial charge in [-0.15, -0.1) is 24.0 Å². The van der Waals surface area contributed by atoms with Crippen molar-refractivity contribution < 1.29 is 14.9 Å². The Labute approximate surface area is 177 Å². The molecule has 0 spiro atoms. The predicted molar refractivity (Wildman–Crippen MR) is 119 cm³/mol. The number of aromatic hydroxyl groups is 1.